The predicted molar refractivity (Wildman–Crippen MR) is 163 cm³/mol. The van der Waals surface area contributed by atoms with Gasteiger partial charge in [-0.3, -0.25) is 14.6 Å². The van der Waals surface area contributed by atoms with Crippen LogP contribution in [0.1, 0.15) is 40.4 Å². The van der Waals surface area contributed by atoms with Crippen LogP contribution in [0.4, 0.5) is 10.5 Å². The number of hydrogen-bond donors (Lipinski definition) is 1. The number of pyridine rings is 1. The third-order valence-electron chi connectivity index (χ3n) is 7.96. The van der Waals surface area contributed by atoms with Gasteiger partial charge in [0.25, 0.3) is 0 Å². The molecule has 42 heavy (non-hydrogen) atoms. The van der Waals surface area contributed by atoms with Crippen molar-refractivity contribution in [2.75, 3.05) is 24.5 Å². The second-order valence-electron chi connectivity index (χ2n) is 10.7. The van der Waals surface area contributed by atoms with E-state index in [2.05, 4.69) is 20.9 Å². The molecule has 2 N–H and O–H groups in total. The second-order valence-corrected chi connectivity index (χ2v) is 11.1. The van der Waals surface area contributed by atoms with Crippen molar-refractivity contribution in [3.05, 3.63) is 119 Å². The number of rotatable bonds is 8. The Balaban J connectivity index is 1.09. The Morgan fingerprint density at radius 2 is 1.71 bits per heavy atom. The van der Waals surface area contributed by atoms with Crippen molar-refractivity contribution in [1.29, 1.82) is 0 Å². The fourth-order valence-electron chi connectivity index (χ4n) is 5.81. The van der Waals surface area contributed by atoms with Crippen LogP contribution in [0.15, 0.2) is 97.2 Å². The average molecular weight is 582 g/mol. The van der Waals surface area contributed by atoms with Gasteiger partial charge in [-0.1, -0.05) is 48.0 Å². The molecule has 2 saturated heterocycles. The molecule has 214 valence electrons. The van der Waals surface area contributed by atoms with E-state index in [1.807, 2.05) is 71.8 Å². The topological polar surface area (TPSA) is 92.0 Å². The third-order valence-corrected chi connectivity index (χ3v) is 8.20. The van der Waals surface area contributed by atoms with E-state index >= 15 is 0 Å². The maximum absolute atomic E-state index is 13.8. The van der Waals surface area contributed by atoms with Crippen LogP contribution < -0.4 is 15.4 Å². The van der Waals surface area contributed by atoms with Crippen LogP contribution in [-0.2, 0) is 6.54 Å². The first-order valence-corrected chi connectivity index (χ1v) is 14.5. The molecule has 2 aliphatic heterocycles. The summed E-state index contributed by atoms with van der Waals surface area (Å²) in [6, 6.07) is 28.4. The summed E-state index contributed by atoms with van der Waals surface area (Å²) in [6.45, 7) is 3.13. The number of anilines is 1. The van der Waals surface area contributed by atoms with Crippen molar-refractivity contribution < 1.29 is 14.3 Å². The molecule has 8 nitrogen and oxygen atoms in total. The van der Waals surface area contributed by atoms with Gasteiger partial charge < -0.3 is 15.4 Å². The maximum atomic E-state index is 13.8. The van der Waals surface area contributed by atoms with Gasteiger partial charge in [0.2, 0.25) is 11.8 Å². The molecule has 6 rings (SSSR count). The Hall–Kier alpha value is -4.40. The second kappa shape index (κ2) is 12.2. The van der Waals surface area contributed by atoms with E-state index in [1.54, 1.807) is 24.3 Å². The number of halogens is 1. The van der Waals surface area contributed by atoms with Gasteiger partial charge in [0.1, 0.15) is 5.75 Å². The number of para-hydroxylation sites is 1. The van der Waals surface area contributed by atoms with Gasteiger partial charge in [-0.05, 0) is 72.5 Å². The molecule has 1 atom stereocenters. The van der Waals surface area contributed by atoms with Crippen LogP contribution in [0.5, 0.6) is 11.6 Å². The van der Waals surface area contributed by atoms with Crippen LogP contribution in [0.2, 0.25) is 5.02 Å². The summed E-state index contributed by atoms with van der Waals surface area (Å²) in [6.07, 6.45) is 3.61. The summed E-state index contributed by atoms with van der Waals surface area (Å²) in [5.74, 6) is 0.586. The van der Waals surface area contributed by atoms with Crippen LogP contribution in [0, 0.1) is 0 Å². The number of aromatic nitrogens is 1. The van der Waals surface area contributed by atoms with Crippen LogP contribution in [0.25, 0.3) is 0 Å². The molecule has 2 aliphatic rings. The molecule has 9 heteroatoms. The van der Waals surface area contributed by atoms with Crippen molar-refractivity contribution in [3.8, 4) is 11.6 Å². The highest BCUT2D eigenvalue weighted by Crippen LogP contribution is 2.37. The number of likely N-dealkylation sites (tertiary alicyclic amines) is 1. The van der Waals surface area contributed by atoms with Crippen LogP contribution in [-0.4, -0.2) is 52.4 Å². The number of benzene rings is 3. The molecule has 0 bridgehead atoms. The fourth-order valence-corrected chi connectivity index (χ4v) is 6.01. The quantitative estimate of drug-likeness (QED) is 0.265. The number of amides is 3. The molecular weight excluding hydrogens is 550 g/mol. The average Bonchev–Trinajstić information content (AvgIpc) is 3.36. The van der Waals surface area contributed by atoms with Gasteiger partial charge in [0, 0.05) is 54.2 Å². The maximum Gasteiger partial charge on any atom is 0.325 e. The molecule has 1 unspecified atom stereocenters. The van der Waals surface area contributed by atoms with Crippen molar-refractivity contribution >= 4 is 29.2 Å². The van der Waals surface area contributed by atoms with E-state index in [-0.39, 0.29) is 18.1 Å². The summed E-state index contributed by atoms with van der Waals surface area (Å²) in [5.41, 5.74) is 8.80. The van der Waals surface area contributed by atoms with Crippen molar-refractivity contribution in [1.82, 2.24) is 14.8 Å². The van der Waals surface area contributed by atoms with E-state index in [9.17, 15) is 9.59 Å². The lowest BCUT2D eigenvalue weighted by Gasteiger charge is -2.39. The van der Waals surface area contributed by atoms with Crippen LogP contribution >= 0.6 is 11.6 Å². The molecule has 0 aliphatic carbocycles. The van der Waals surface area contributed by atoms with E-state index in [4.69, 9.17) is 22.1 Å². The fraction of sp³-hybridized carbons (Fsp3) is 0.242. The number of ether oxygens (including phenoxy) is 1. The highest BCUT2D eigenvalue weighted by molar-refractivity contribution is 6.30. The molecular formula is C33H32ClN5O3. The van der Waals surface area contributed by atoms with Crippen molar-refractivity contribution in [3.63, 3.8) is 0 Å². The SMILES string of the molecule is NC(=O)c1ccc(Oc2ccc(CN3CCC(N4C(=O)N(c5ccccc5)CC4c4cccc(Cl)c4)CC3)cn2)cc1. The summed E-state index contributed by atoms with van der Waals surface area (Å²) in [5, 5.41) is 0.680. The smallest absolute Gasteiger partial charge is 0.325 e. The number of primary amides is 1. The van der Waals surface area contributed by atoms with Gasteiger partial charge in [-0.2, -0.15) is 0 Å². The molecule has 4 aromatic rings. The number of piperidine rings is 1. The lowest BCUT2D eigenvalue weighted by molar-refractivity contribution is 0.1000. The largest absolute Gasteiger partial charge is 0.439 e. The van der Waals surface area contributed by atoms with E-state index in [0.29, 0.717) is 28.8 Å². The molecule has 1 aromatic heterocycles. The Morgan fingerprint density at radius 3 is 2.38 bits per heavy atom. The Bertz CT molecular complexity index is 1540. The summed E-state index contributed by atoms with van der Waals surface area (Å²) >= 11 is 6.36. The Morgan fingerprint density at radius 1 is 0.952 bits per heavy atom. The Kier molecular flexibility index (Phi) is 8.08. The standard InChI is InChI=1S/C33H32ClN5O3/c34-26-6-4-5-25(19-26)30-22-38(27-7-2-1-3-8-27)33(41)39(30)28-15-17-37(18-16-28)21-23-9-14-31(36-20-23)42-29-12-10-24(11-13-29)32(35)40/h1-14,19-20,28,30H,15-18,21-22H2,(H2,35,40). The summed E-state index contributed by atoms with van der Waals surface area (Å²) < 4.78 is 5.81. The van der Waals surface area contributed by atoms with E-state index < -0.39 is 5.91 Å². The van der Waals surface area contributed by atoms with E-state index in [1.165, 1.54) is 0 Å². The van der Waals surface area contributed by atoms with Crippen LogP contribution in [0.3, 0.4) is 0 Å². The normalized spacial score (nSPS) is 17.9. The number of hydrogen-bond acceptors (Lipinski definition) is 5. The lowest BCUT2D eigenvalue weighted by Crippen LogP contribution is -2.47. The zero-order valence-corrected chi connectivity index (χ0v) is 23.9. The highest BCUT2D eigenvalue weighted by Gasteiger charge is 2.43. The summed E-state index contributed by atoms with van der Waals surface area (Å²) in [7, 11) is 0. The van der Waals surface area contributed by atoms with Crippen molar-refractivity contribution in [2.45, 2.75) is 31.5 Å². The number of nitrogens with zero attached hydrogens (tertiary/aromatic N) is 4. The Labute approximate surface area is 250 Å². The summed E-state index contributed by atoms with van der Waals surface area (Å²) in [4.78, 5) is 35.9. The molecule has 0 spiro atoms. The monoisotopic (exact) mass is 581 g/mol. The number of nitrogens with two attached hydrogens (primary N) is 1. The molecule has 3 amide bonds. The number of urea groups is 1. The zero-order valence-electron chi connectivity index (χ0n) is 23.1. The predicted octanol–water partition coefficient (Wildman–Crippen LogP) is 6.27. The molecule has 0 saturated carbocycles. The molecule has 3 aromatic carbocycles. The minimum absolute atomic E-state index is 0.0497. The highest BCUT2D eigenvalue weighted by atomic mass is 35.5. The van der Waals surface area contributed by atoms with Gasteiger partial charge in [0.15, 0.2) is 0 Å². The first-order chi connectivity index (χ1) is 20.4. The zero-order chi connectivity index (χ0) is 29.1. The minimum Gasteiger partial charge on any atom is -0.439 e. The minimum atomic E-state index is -0.477. The first kappa shape index (κ1) is 27.8. The molecule has 3 heterocycles. The van der Waals surface area contributed by atoms with Gasteiger partial charge in [-0.15, -0.1) is 0 Å². The van der Waals surface area contributed by atoms with Gasteiger partial charge in [-0.25, -0.2) is 9.78 Å². The van der Waals surface area contributed by atoms with Crippen molar-refractivity contribution in [2.24, 2.45) is 5.73 Å². The number of carbonyl (C=O) groups excluding carboxylic acids is 2. The molecule has 2 fully saturated rings. The number of carbonyl (C=O) groups is 2. The van der Waals surface area contributed by atoms with E-state index in [0.717, 1.165) is 49.3 Å². The van der Waals surface area contributed by atoms with Gasteiger partial charge >= 0.3 is 6.03 Å². The first-order valence-electron chi connectivity index (χ1n) is 14.1. The third kappa shape index (κ3) is 6.10. The van der Waals surface area contributed by atoms with Gasteiger partial charge in [0.05, 0.1) is 12.6 Å². The molecule has 0 radical (unpaired) electrons. The lowest BCUT2D eigenvalue weighted by atomic mass is 9.99.